The number of benzene rings is 1. The van der Waals surface area contributed by atoms with Crippen LogP contribution in [-0.2, 0) is 0 Å². The average Bonchev–Trinajstić information content (AvgIpc) is 2.39. The number of aromatic amines is 1. The minimum Gasteiger partial charge on any atom is -0.494 e. The van der Waals surface area contributed by atoms with Crippen LogP contribution in [0, 0.1) is 0 Å². The van der Waals surface area contributed by atoms with Crippen LogP contribution in [0.1, 0.15) is 11.1 Å². The fourth-order valence-corrected chi connectivity index (χ4v) is 1.90. The van der Waals surface area contributed by atoms with Crippen molar-refractivity contribution in [3.8, 4) is 5.88 Å². The highest BCUT2D eigenvalue weighted by Crippen LogP contribution is 2.32. The maximum absolute atomic E-state index is 9.68. The first-order valence-electron chi connectivity index (χ1n) is 4.54. The third-order valence-electron chi connectivity index (χ3n) is 2.52. The zero-order valence-electron chi connectivity index (χ0n) is 7.49. The third-order valence-corrected chi connectivity index (χ3v) is 2.52. The Bertz CT molecular complexity index is 561. The minimum absolute atomic E-state index is 0.243. The van der Waals surface area contributed by atoms with Crippen LogP contribution >= 0.6 is 0 Å². The molecule has 14 heavy (non-hydrogen) atoms. The van der Waals surface area contributed by atoms with Crippen molar-refractivity contribution >= 4 is 23.1 Å². The molecule has 1 aromatic carbocycles. The summed E-state index contributed by atoms with van der Waals surface area (Å²) >= 11 is 0. The molecule has 2 aromatic rings. The number of aromatic nitrogens is 1. The number of H-pyrrole nitrogens is 1. The molecule has 1 heterocycles. The highest BCUT2D eigenvalue weighted by molar-refractivity contribution is 5.99. The summed E-state index contributed by atoms with van der Waals surface area (Å²) in [5.41, 5.74) is 2.99. The lowest BCUT2D eigenvalue weighted by molar-refractivity contribution is 0.457. The maximum atomic E-state index is 9.68. The second-order valence-corrected chi connectivity index (χ2v) is 3.38. The summed E-state index contributed by atoms with van der Waals surface area (Å²) in [6.45, 7) is 0. The molecule has 3 rings (SSSR count). The Kier molecular flexibility index (Phi) is 1.34. The molecule has 0 saturated carbocycles. The zero-order chi connectivity index (χ0) is 9.54. The van der Waals surface area contributed by atoms with E-state index in [2.05, 4.69) is 4.98 Å². The molecule has 0 amide bonds. The van der Waals surface area contributed by atoms with Gasteiger partial charge in [0.15, 0.2) is 5.88 Å². The predicted molar refractivity (Wildman–Crippen MR) is 58.0 cm³/mol. The lowest BCUT2D eigenvalue weighted by atomic mass is 10.1. The number of allylic oxidation sites excluding steroid dienone is 2. The Morgan fingerprint density at radius 2 is 1.93 bits per heavy atom. The van der Waals surface area contributed by atoms with E-state index in [1.165, 1.54) is 0 Å². The summed E-state index contributed by atoms with van der Waals surface area (Å²) in [6.07, 6.45) is 7.88. The van der Waals surface area contributed by atoms with Crippen LogP contribution < -0.4 is 0 Å². The number of rotatable bonds is 0. The van der Waals surface area contributed by atoms with Crippen LogP contribution in [0.15, 0.2) is 30.4 Å². The molecule has 1 aliphatic carbocycles. The van der Waals surface area contributed by atoms with Crippen LogP contribution in [0.3, 0.4) is 0 Å². The van der Waals surface area contributed by atoms with E-state index in [1.807, 2.05) is 42.5 Å². The van der Waals surface area contributed by atoms with Crippen molar-refractivity contribution in [3.05, 3.63) is 41.5 Å². The second-order valence-electron chi connectivity index (χ2n) is 3.38. The highest BCUT2D eigenvalue weighted by atomic mass is 16.3. The first-order chi connectivity index (χ1) is 6.86. The molecule has 0 atom stereocenters. The fourth-order valence-electron chi connectivity index (χ4n) is 1.90. The molecule has 0 radical (unpaired) electrons. The van der Waals surface area contributed by atoms with Gasteiger partial charge in [0.1, 0.15) is 0 Å². The molecule has 0 unspecified atom stereocenters. The Labute approximate surface area is 81.2 Å². The Morgan fingerprint density at radius 1 is 1.07 bits per heavy atom. The summed E-state index contributed by atoms with van der Waals surface area (Å²) in [6, 6.07) is 5.99. The van der Waals surface area contributed by atoms with Crippen LogP contribution in [0.5, 0.6) is 5.88 Å². The molecule has 0 aliphatic heterocycles. The fraction of sp³-hybridized carbons (Fsp3) is 0. The minimum atomic E-state index is 0.243. The SMILES string of the molecule is Oc1[nH]c2cccc3c2c1C=CC=C3. The standard InChI is InChI=1S/C12H9NO/c14-12-9-6-2-1-4-8-5-3-7-10(13-12)11(8)9/h1-7,13-14H. The topological polar surface area (TPSA) is 36.0 Å². The van der Waals surface area contributed by atoms with E-state index in [0.29, 0.717) is 0 Å². The zero-order valence-corrected chi connectivity index (χ0v) is 7.49. The lowest BCUT2D eigenvalue weighted by Gasteiger charge is -1.96. The summed E-state index contributed by atoms with van der Waals surface area (Å²) in [4.78, 5) is 2.96. The summed E-state index contributed by atoms with van der Waals surface area (Å²) in [7, 11) is 0. The number of aromatic hydroxyl groups is 1. The second kappa shape index (κ2) is 2.51. The largest absolute Gasteiger partial charge is 0.494 e. The summed E-state index contributed by atoms with van der Waals surface area (Å²) in [5, 5.41) is 10.8. The van der Waals surface area contributed by atoms with E-state index in [-0.39, 0.29) is 5.88 Å². The summed E-state index contributed by atoms with van der Waals surface area (Å²) < 4.78 is 0. The monoisotopic (exact) mass is 183 g/mol. The molecular formula is C12H9NO. The van der Waals surface area contributed by atoms with Crippen molar-refractivity contribution in [1.29, 1.82) is 0 Å². The quantitative estimate of drug-likeness (QED) is 0.647. The van der Waals surface area contributed by atoms with Gasteiger partial charge in [-0.3, -0.25) is 0 Å². The van der Waals surface area contributed by atoms with Crippen molar-refractivity contribution < 1.29 is 5.11 Å². The molecule has 0 bridgehead atoms. The first kappa shape index (κ1) is 7.44. The Balaban J connectivity index is 2.57. The van der Waals surface area contributed by atoms with Crippen molar-refractivity contribution in [1.82, 2.24) is 4.98 Å². The van der Waals surface area contributed by atoms with Crippen LogP contribution in [0.2, 0.25) is 0 Å². The van der Waals surface area contributed by atoms with Gasteiger partial charge in [0, 0.05) is 16.5 Å². The van der Waals surface area contributed by atoms with Gasteiger partial charge in [-0.2, -0.15) is 0 Å². The Morgan fingerprint density at radius 3 is 2.86 bits per heavy atom. The third kappa shape index (κ3) is 0.852. The average molecular weight is 183 g/mol. The molecule has 1 aromatic heterocycles. The summed E-state index contributed by atoms with van der Waals surface area (Å²) in [5.74, 6) is 0.243. The molecule has 1 aliphatic rings. The van der Waals surface area contributed by atoms with Gasteiger partial charge >= 0.3 is 0 Å². The molecule has 0 saturated heterocycles. The van der Waals surface area contributed by atoms with E-state index in [0.717, 1.165) is 22.0 Å². The van der Waals surface area contributed by atoms with Gasteiger partial charge in [0.25, 0.3) is 0 Å². The van der Waals surface area contributed by atoms with Crippen LogP contribution in [-0.4, -0.2) is 10.1 Å². The van der Waals surface area contributed by atoms with Crippen LogP contribution in [0.25, 0.3) is 23.1 Å². The van der Waals surface area contributed by atoms with Crippen molar-refractivity contribution in [3.63, 3.8) is 0 Å². The van der Waals surface area contributed by atoms with Gasteiger partial charge in [0.05, 0.1) is 0 Å². The van der Waals surface area contributed by atoms with Gasteiger partial charge < -0.3 is 10.1 Å². The first-order valence-corrected chi connectivity index (χ1v) is 4.54. The van der Waals surface area contributed by atoms with Gasteiger partial charge in [0.2, 0.25) is 0 Å². The molecule has 2 heteroatoms. The predicted octanol–water partition coefficient (Wildman–Crippen LogP) is 2.91. The van der Waals surface area contributed by atoms with Gasteiger partial charge in [-0.15, -0.1) is 0 Å². The van der Waals surface area contributed by atoms with Crippen molar-refractivity contribution in [2.24, 2.45) is 0 Å². The van der Waals surface area contributed by atoms with E-state index in [4.69, 9.17) is 0 Å². The Hall–Kier alpha value is -1.96. The smallest absolute Gasteiger partial charge is 0.196 e. The van der Waals surface area contributed by atoms with Crippen LogP contribution in [0.4, 0.5) is 0 Å². The van der Waals surface area contributed by atoms with E-state index >= 15 is 0 Å². The lowest BCUT2D eigenvalue weighted by Crippen LogP contribution is -1.74. The van der Waals surface area contributed by atoms with E-state index in [9.17, 15) is 5.11 Å². The molecule has 2 nitrogen and oxygen atoms in total. The number of hydrogen-bond donors (Lipinski definition) is 2. The van der Waals surface area contributed by atoms with Gasteiger partial charge in [-0.1, -0.05) is 30.4 Å². The molecule has 68 valence electrons. The van der Waals surface area contributed by atoms with E-state index in [1.54, 1.807) is 0 Å². The van der Waals surface area contributed by atoms with Gasteiger partial charge in [-0.05, 0) is 17.7 Å². The molecule has 2 N–H and O–H groups in total. The molecule has 0 spiro atoms. The van der Waals surface area contributed by atoms with Crippen molar-refractivity contribution in [2.45, 2.75) is 0 Å². The maximum Gasteiger partial charge on any atom is 0.196 e. The number of nitrogens with one attached hydrogen (secondary N) is 1. The van der Waals surface area contributed by atoms with Gasteiger partial charge in [-0.25, -0.2) is 0 Å². The van der Waals surface area contributed by atoms with Crippen molar-refractivity contribution in [2.75, 3.05) is 0 Å². The number of hydrogen-bond acceptors (Lipinski definition) is 1. The molecule has 0 fully saturated rings. The normalized spacial score (nSPS) is 13.4. The van der Waals surface area contributed by atoms with E-state index < -0.39 is 0 Å². The molecular weight excluding hydrogens is 174 g/mol. The highest BCUT2D eigenvalue weighted by Gasteiger charge is 2.11.